The van der Waals surface area contributed by atoms with Crippen LogP contribution in [0.3, 0.4) is 0 Å². The van der Waals surface area contributed by atoms with Crippen molar-refractivity contribution in [1.29, 1.82) is 0 Å². The van der Waals surface area contributed by atoms with Crippen molar-refractivity contribution in [3.63, 3.8) is 0 Å². The van der Waals surface area contributed by atoms with Crippen LogP contribution >= 0.6 is 11.3 Å². The Bertz CT molecular complexity index is 862. The molecule has 0 aliphatic carbocycles. The molecule has 1 amide bonds. The molecule has 26 heavy (non-hydrogen) atoms. The van der Waals surface area contributed by atoms with Crippen LogP contribution in [0.1, 0.15) is 10.5 Å². The average molecular weight is 366 g/mol. The molecule has 4 rings (SSSR count). The van der Waals surface area contributed by atoms with Gasteiger partial charge in [-0.15, -0.1) is 11.3 Å². The maximum absolute atomic E-state index is 12.7. The molecule has 4 heterocycles. The topological polar surface area (TPSA) is 74.2 Å². The third-order valence-corrected chi connectivity index (χ3v) is 4.92. The zero-order valence-corrected chi connectivity index (χ0v) is 14.9. The summed E-state index contributed by atoms with van der Waals surface area (Å²) in [7, 11) is 0. The number of hydrogen-bond donors (Lipinski definition) is 1. The lowest BCUT2D eigenvalue weighted by Gasteiger charge is -2.35. The minimum Gasteiger partial charge on any atom is -0.353 e. The molecule has 7 nitrogen and oxygen atoms in total. The van der Waals surface area contributed by atoms with Crippen molar-refractivity contribution < 1.29 is 4.79 Å². The van der Waals surface area contributed by atoms with Gasteiger partial charge in [0.05, 0.1) is 0 Å². The number of carbonyl (C=O) groups excluding carboxylic acids is 1. The number of carbonyl (C=O) groups is 1. The van der Waals surface area contributed by atoms with E-state index in [0.29, 0.717) is 29.7 Å². The van der Waals surface area contributed by atoms with Gasteiger partial charge in [-0.2, -0.15) is 0 Å². The van der Waals surface area contributed by atoms with Gasteiger partial charge < -0.3 is 15.1 Å². The lowest BCUT2D eigenvalue weighted by atomic mass is 10.3. The van der Waals surface area contributed by atoms with Crippen molar-refractivity contribution in [3.8, 4) is 0 Å². The van der Waals surface area contributed by atoms with Gasteiger partial charge in [-0.1, -0.05) is 12.1 Å². The number of pyridine rings is 2. The third kappa shape index (κ3) is 3.65. The average Bonchev–Trinajstić information content (AvgIpc) is 3.17. The number of thiazole rings is 1. The van der Waals surface area contributed by atoms with Gasteiger partial charge in [0.25, 0.3) is 5.91 Å². The number of amides is 1. The Hall–Kier alpha value is -3.00. The number of nitrogens with one attached hydrogen (secondary N) is 1. The molecule has 0 aromatic carbocycles. The first-order valence-electron chi connectivity index (χ1n) is 8.38. The molecule has 132 valence electrons. The minimum absolute atomic E-state index is 0.0315. The molecule has 0 saturated carbocycles. The van der Waals surface area contributed by atoms with Crippen LogP contribution in [0.4, 0.5) is 16.8 Å². The zero-order valence-electron chi connectivity index (χ0n) is 14.1. The Morgan fingerprint density at radius 3 is 2.46 bits per heavy atom. The van der Waals surface area contributed by atoms with Crippen LogP contribution < -0.4 is 10.2 Å². The fraction of sp³-hybridized carbons (Fsp3) is 0.222. The van der Waals surface area contributed by atoms with Crippen LogP contribution in [0.5, 0.6) is 0 Å². The summed E-state index contributed by atoms with van der Waals surface area (Å²) < 4.78 is 0. The molecule has 1 aliphatic rings. The maximum Gasteiger partial charge on any atom is 0.273 e. The molecule has 0 atom stereocenters. The molecule has 1 N–H and O–H groups in total. The number of aromatic nitrogens is 3. The van der Waals surface area contributed by atoms with Crippen LogP contribution in [-0.2, 0) is 0 Å². The summed E-state index contributed by atoms with van der Waals surface area (Å²) in [5.74, 6) is 1.64. The number of piperazine rings is 1. The molecule has 1 fully saturated rings. The second kappa shape index (κ2) is 7.49. The third-order valence-electron chi connectivity index (χ3n) is 4.16. The lowest BCUT2D eigenvalue weighted by molar-refractivity contribution is 0.0741. The fourth-order valence-corrected chi connectivity index (χ4v) is 3.51. The summed E-state index contributed by atoms with van der Waals surface area (Å²) >= 11 is 1.40. The summed E-state index contributed by atoms with van der Waals surface area (Å²) in [6.45, 7) is 2.86. The van der Waals surface area contributed by atoms with E-state index in [1.807, 2.05) is 41.3 Å². The summed E-state index contributed by atoms with van der Waals surface area (Å²) in [6, 6.07) is 11.5. The molecule has 3 aromatic rings. The van der Waals surface area contributed by atoms with Crippen LogP contribution in [0.25, 0.3) is 0 Å². The molecular formula is C18H18N6OS. The molecule has 0 radical (unpaired) electrons. The van der Waals surface area contributed by atoms with Crippen molar-refractivity contribution in [2.45, 2.75) is 0 Å². The minimum atomic E-state index is -0.0315. The van der Waals surface area contributed by atoms with Crippen LogP contribution in [0.15, 0.2) is 54.2 Å². The largest absolute Gasteiger partial charge is 0.353 e. The van der Waals surface area contributed by atoms with E-state index in [1.165, 1.54) is 11.3 Å². The summed E-state index contributed by atoms with van der Waals surface area (Å²) in [5.41, 5.74) is 0.472. The zero-order chi connectivity index (χ0) is 17.8. The highest BCUT2D eigenvalue weighted by Gasteiger charge is 2.24. The van der Waals surface area contributed by atoms with Gasteiger partial charge >= 0.3 is 0 Å². The molecule has 1 saturated heterocycles. The normalized spacial score (nSPS) is 14.3. The second-order valence-corrected chi connectivity index (χ2v) is 6.70. The Morgan fingerprint density at radius 2 is 1.77 bits per heavy atom. The van der Waals surface area contributed by atoms with Crippen LogP contribution in [0, 0.1) is 0 Å². The van der Waals surface area contributed by atoms with E-state index in [2.05, 4.69) is 25.2 Å². The molecule has 0 spiro atoms. The smallest absolute Gasteiger partial charge is 0.273 e. The summed E-state index contributed by atoms with van der Waals surface area (Å²) in [5, 5.41) is 5.58. The SMILES string of the molecule is O=C(c1csc(Nc2ccccn2)n1)N1CCN(c2ccccn2)CC1. The van der Waals surface area contributed by atoms with Crippen LogP contribution in [0.2, 0.25) is 0 Å². The van der Waals surface area contributed by atoms with Gasteiger partial charge in [-0.3, -0.25) is 4.79 Å². The van der Waals surface area contributed by atoms with E-state index in [0.717, 1.165) is 18.9 Å². The standard InChI is InChI=1S/C18H18N6OS/c25-17(14-13-26-18(21-14)22-15-5-1-3-7-19-15)24-11-9-23(10-12-24)16-6-2-4-8-20-16/h1-8,13H,9-12H2,(H,19,21,22). The summed E-state index contributed by atoms with van der Waals surface area (Å²) in [4.78, 5) is 29.7. The number of nitrogens with zero attached hydrogens (tertiary/aromatic N) is 5. The molecule has 0 bridgehead atoms. The molecule has 8 heteroatoms. The van der Waals surface area contributed by atoms with Crippen molar-refractivity contribution in [1.82, 2.24) is 19.9 Å². The van der Waals surface area contributed by atoms with Gasteiger partial charge in [0.2, 0.25) is 0 Å². The monoisotopic (exact) mass is 366 g/mol. The van der Waals surface area contributed by atoms with E-state index in [1.54, 1.807) is 17.8 Å². The second-order valence-electron chi connectivity index (χ2n) is 5.85. The van der Waals surface area contributed by atoms with Crippen LogP contribution in [-0.4, -0.2) is 51.9 Å². The first kappa shape index (κ1) is 16.5. The molecule has 0 unspecified atom stereocenters. The molecular weight excluding hydrogens is 348 g/mol. The van der Waals surface area contributed by atoms with Crippen molar-refractivity contribution in [2.75, 3.05) is 36.4 Å². The lowest BCUT2D eigenvalue weighted by Crippen LogP contribution is -2.49. The van der Waals surface area contributed by atoms with E-state index >= 15 is 0 Å². The van der Waals surface area contributed by atoms with Crippen molar-refractivity contribution in [2.24, 2.45) is 0 Å². The van der Waals surface area contributed by atoms with E-state index in [-0.39, 0.29) is 5.91 Å². The predicted molar refractivity (Wildman–Crippen MR) is 102 cm³/mol. The Morgan fingerprint density at radius 1 is 1.00 bits per heavy atom. The van der Waals surface area contributed by atoms with E-state index in [4.69, 9.17) is 0 Å². The number of anilines is 3. The summed E-state index contributed by atoms with van der Waals surface area (Å²) in [6.07, 6.45) is 3.50. The molecule has 3 aromatic heterocycles. The Kier molecular flexibility index (Phi) is 4.74. The highest BCUT2D eigenvalue weighted by Crippen LogP contribution is 2.21. The van der Waals surface area contributed by atoms with E-state index in [9.17, 15) is 4.79 Å². The Balaban J connectivity index is 1.37. The fourth-order valence-electron chi connectivity index (χ4n) is 2.82. The first-order valence-corrected chi connectivity index (χ1v) is 9.26. The highest BCUT2D eigenvalue weighted by atomic mass is 32.1. The van der Waals surface area contributed by atoms with E-state index < -0.39 is 0 Å². The van der Waals surface area contributed by atoms with Gasteiger partial charge in [-0.05, 0) is 24.3 Å². The maximum atomic E-state index is 12.7. The quantitative estimate of drug-likeness (QED) is 0.765. The first-order chi connectivity index (χ1) is 12.8. The highest BCUT2D eigenvalue weighted by molar-refractivity contribution is 7.14. The Labute approximate surface area is 155 Å². The van der Waals surface area contributed by atoms with Crippen molar-refractivity contribution in [3.05, 3.63) is 59.9 Å². The van der Waals surface area contributed by atoms with Gasteiger partial charge in [0.15, 0.2) is 5.13 Å². The van der Waals surface area contributed by atoms with Gasteiger partial charge in [0, 0.05) is 44.0 Å². The van der Waals surface area contributed by atoms with Crippen molar-refractivity contribution >= 4 is 34.0 Å². The van der Waals surface area contributed by atoms with Gasteiger partial charge in [-0.25, -0.2) is 15.0 Å². The predicted octanol–water partition coefficient (Wildman–Crippen LogP) is 2.64. The van der Waals surface area contributed by atoms with Gasteiger partial charge in [0.1, 0.15) is 17.3 Å². The number of rotatable bonds is 4. The number of hydrogen-bond acceptors (Lipinski definition) is 7. The molecule has 1 aliphatic heterocycles.